The Balaban J connectivity index is 2.09. The van der Waals surface area contributed by atoms with Crippen LogP contribution in [0.2, 0.25) is 0 Å². The minimum Gasteiger partial charge on any atom is -0.324 e. The van der Waals surface area contributed by atoms with Crippen molar-refractivity contribution in [2.24, 2.45) is 0 Å². The smallest absolute Gasteiger partial charge is 0.324 e. The zero-order chi connectivity index (χ0) is 14.7. The van der Waals surface area contributed by atoms with Gasteiger partial charge in [-0.15, -0.1) is 0 Å². The standard InChI is InChI=1S/C15H19N3O2/c1-11(2)18-9-8-17(15(18)20)10-14(19)16-13-7-5-4-6-12(13)3/h4-9,11H,10H2,1-3H3,(H,16,19). The van der Waals surface area contributed by atoms with Gasteiger partial charge in [-0.25, -0.2) is 4.79 Å². The molecule has 2 aromatic rings. The third-order valence-electron chi connectivity index (χ3n) is 3.16. The van der Waals surface area contributed by atoms with Gasteiger partial charge < -0.3 is 5.32 Å². The van der Waals surface area contributed by atoms with Crippen molar-refractivity contribution in [3.05, 3.63) is 52.7 Å². The lowest BCUT2D eigenvalue weighted by Gasteiger charge is -2.08. The number of imidazole rings is 1. The van der Waals surface area contributed by atoms with E-state index in [1.807, 2.05) is 45.0 Å². The summed E-state index contributed by atoms with van der Waals surface area (Å²) < 4.78 is 3.01. The van der Waals surface area contributed by atoms with Crippen LogP contribution in [0.5, 0.6) is 0 Å². The summed E-state index contributed by atoms with van der Waals surface area (Å²) in [7, 11) is 0. The van der Waals surface area contributed by atoms with Gasteiger partial charge in [0, 0.05) is 24.1 Å². The highest BCUT2D eigenvalue weighted by molar-refractivity contribution is 5.91. The number of para-hydroxylation sites is 1. The van der Waals surface area contributed by atoms with E-state index in [9.17, 15) is 9.59 Å². The molecule has 0 unspecified atom stereocenters. The molecule has 0 aliphatic carbocycles. The average Bonchev–Trinajstić information content (AvgIpc) is 2.74. The van der Waals surface area contributed by atoms with Crippen molar-refractivity contribution in [3.8, 4) is 0 Å². The van der Waals surface area contributed by atoms with Crippen LogP contribution in [0.15, 0.2) is 41.5 Å². The highest BCUT2D eigenvalue weighted by atomic mass is 16.2. The molecule has 0 atom stereocenters. The first-order valence-corrected chi connectivity index (χ1v) is 6.62. The molecular formula is C15H19N3O2. The maximum Gasteiger partial charge on any atom is 0.328 e. The molecule has 5 nitrogen and oxygen atoms in total. The van der Waals surface area contributed by atoms with Gasteiger partial charge in [0.25, 0.3) is 0 Å². The molecule has 5 heteroatoms. The van der Waals surface area contributed by atoms with Crippen LogP contribution < -0.4 is 11.0 Å². The highest BCUT2D eigenvalue weighted by Gasteiger charge is 2.10. The number of aromatic nitrogens is 2. The van der Waals surface area contributed by atoms with E-state index in [1.165, 1.54) is 4.57 Å². The van der Waals surface area contributed by atoms with Crippen LogP contribution in [0.1, 0.15) is 25.5 Å². The molecule has 0 saturated carbocycles. The van der Waals surface area contributed by atoms with E-state index < -0.39 is 0 Å². The molecule has 0 radical (unpaired) electrons. The summed E-state index contributed by atoms with van der Waals surface area (Å²) in [6, 6.07) is 7.64. The molecule has 1 N–H and O–H groups in total. The number of nitrogens with one attached hydrogen (secondary N) is 1. The van der Waals surface area contributed by atoms with Crippen LogP contribution in [0.3, 0.4) is 0 Å². The molecule has 2 rings (SSSR count). The number of hydrogen-bond acceptors (Lipinski definition) is 2. The van der Waals surface area contributed by atoms with Crippen molar-refractivity contribution in [3.63, 3.8) is 0 Å². The van der Waals surface area contributed by atoms with E-state index >= 15 is 0 Å². The van der Waals surface area contributed by atoms with Gasteiger partial charge >= 0.3 is 5.69 Å². The van der Waals surface area contributed by atoms with Crippen LogP contribution in [-0.4, -0.2) is 15.0 Å². The lowest BCUT2D eigenvalue weighted by atomic mass is 10.2. The van der Waals surface area contributed by atoms with Gasteiger partial charge in [0.1, 0.15) is 6.54 Å². The number of hydrogen-bond donors (Lipinski definition) is 1. The van der Waals surface area contributed by atoms with E-state index in [0.29, 0.717) is 0 Å². The normalized spacial score (nSPS) is 10.8. The van der Waals surface area contributed by atoms with Gasteiger partial charge in [0.05, 0.1) is 0 Å². The summed E-state index contributed by atoms with van der Waals surface area (Å²) in [5, 5.41) is 2.82. The van der Waals surface area contributed by atoms with Crippen molar-refractivity contribution in [2.75, 3.05) is 5.32 Å². The van der Waals surface area contributed by atoms with Gasteiger partial charge in [-0.3, -0.25) is 13.9 Å². The van der Waals surface area contributed by atoms with Crippen LogP contribution >= 0.6 is 0 Å². The quantitative estimate of drug-likeness (QED) is 0.928. The number of amides is 1. The maximum absolute atomic E-state index is 12.0. The minimum atomic E-state index is -0.206. The number of benzene rings is 1. The molecule has 1 amide bonds. The average molecular weight is 273 g/mol. The number of carbonyl (C=O) groups is 1. The van der Waals surface area contributed by atoms with Crippen LogP contribution in [0, 0.1) is 6.92 Å². The Morgan fingerprint density at radius 2 is 1.95 bits per heavy atom. The molecule has 0 saturated heterocycles. The summed E-state index contributed by atoms with van der Waals surface area (Å²) in [5.41, 5.74) is 1.60. The first-order chi connectivity index (χ1) is 9.49. The topological polar surface area (TPSA) is 56.0 Å². The van der Waals surface area contributed by atoms with E-state index in [-0.39, 0.29) is 24.2 Å². The summed E-state index contributed by atoms with van der Waals surface area (Å²) >= 11 is 0. The SMILES string of the molecule is Cc1ccccc1NC(=O)Cn1ccn(C(C)C)c1=O. The molecule has 1 aromatic heterocycles. The Morgan fingerprint density at radius 3 is 2.55 bits per heavy atom. The number of rotatable bonds is 4. The Hall–Kier alpha value is -2.30. The summed E-state index contributed by atoms with van der Waals surface area (Å²) in [6.45, 7) is 5.81. The third kappa shape index (κ3) is 2.99. The number of aryl methyl sites for hydroxylation is 1. The molecule has 0 fully saturated rings. The molecule has 0 bridgehead atoms. The lowest BCUT2D eigenvalue weighted by Crippen LogP contribution is -2.29. The lowest BCUT2D eigenvalue weighted by molar-refractivity contribution is -0.116. The fourth-order valence-electron chi connectivity index (χ4n) is 2.00. The summed E-state index contributed by atoms with van der Waals surface area (Å²) in [4.78, 5) is 24.0. The first kappa shape index (κ1) is 14.1. The van der Waals surface area contributed by atoms with Crippen molar-refractivity contribution >= 4 is 11.6 Å². The summed E-state index contributed by atoms with van der Waals surface area (Å²) in [5.74, 6) is -0.206. The largest absolute Gasteiger partial charge is 0.328 e. The zero-order valence-corrected chi connectivity index (χ0v) is 12.0. The molecule has 0 spiro atoms. The second-order valence-electron chi connectivity index (χ2n) is 5.07. The van der Waals surface area contributed by atoms with Crippen molar-refractivity contribution < 1.29 is 4.79 Å². The Kier molecular flexibility index (Phi) is 4.08. The minimum absolute atomic E-state index is 0.0207. The van der Waals surface area contributed by atoms with Crippen LogP contribution in [0.25, 0.3) is 0 Å². The number of carbonyl (C=O) groups excluding carboxylic acids is 1. The monoisotopic (exact) mass is 273 g/mol. The highest BCUT2D eigenvalue weighted by Crippen LogP contribution is 2.12. The second kappa shape index (κ2) is 5.77. The third-order valence-corrected chi connectivity index (χ3v) is 3.16. The fourth-order valence-corrected chi connectivity index (χ4v) is 2.00. The summed E-state index contributed by atoms with van der Waals surface area (Å²) in [6.07, 6.45) is 3.34. The van der Waals surface area contributed by atoms with E-state index in [4.69, 9.17) is 0 Å². The Morgan fingerprint density at radius 1 is 1.25 bits per heavy atom. The molecule has 0 aliphatic heterocycles. The molecule has 1 heterocycles. The molecule has 0 aliphatic rings. The van der Waals surface area contributed by atoms with Gasteiger partial charge in [-0.1, -0.05) is 18.2 Å². The van der Waals surface area contributed by atoms with Gasteiger partial charge in [-0.05, 0) is 32.4 Å². The van der Waals surface area contributed by atoms with Crippen LogP contribution in [0.4, 0.5) is 5.69 Å². The number of nitrogens with zero attached hydrogens (tertiary/aromatic N) is 2. The van der Waals surface area contributed by atoms with Crippen molar-refractivity contribution in [1.29, 1.82) is 0 Å². The molecule has 20 heavy (non-hydrogen) atoms. The Bertz CT molecular complexity index is 668. The van der Waals surface area contributed by atoms with Gasteiger partial charge in [-0.2, -0.15) is 0 Å². The molecule has 106 valence electrons. The van der Waals surface area contributed by atoms with Crippen molar-refractivity contribution in [2.45, 2.75) is 33.4 Å². The predicted octanol–water partition coefficient (Wildman–Crippen LogP) is 2.18. The van der Waals surface area contributed by atoms with Crippen LogP contribution in [-0.2, 0) is 11.3 Å². The van der Waals surface area contributed by atoms with Gasteiger partial charge in [0.15, 0.2) is 0 Å². The van der Waals surface area contributed by atoms with E-state index in [1.54, 1.807) is 17.0 Å². The molecular weight excluding hydrogens is 254 g/mol. The predicted molar refractivity (Wildman–Crippen MR) is 78.9 cm³/mol. The van der Waals surface area contributed by atoms with Crippen molar-refractivity contribution in [1.82, 2.24) is 9.13 Å². The fraction of sp³-hybridized carbons (Fsp3) is 0.333. The number of anilines is 1. The van der Waals surface area contributed by atoms with E-state index in [0.717, 1.165) is 11.3 Å². The first-order valence-electron chi connectivity index (χ1n) is 6.62. The van der Waals surface area contributed by atoms with E-state index in [2.05, 4.69) is 5.32 Å². The van der Waals surface area contributed by atoms with Gasteiger partial charge in [0.2, 0.25) is 5.91 Å². The Labute approximate surface area is 117 Å². The second-order valence-corrected chi connectivity index (χ2v) is 5.07. The zero-order valence-electron chi connectivity index (χ0n) is 12.0. The molecule has 1 aromatic carbocycles. The maximum atomic E-state index is 12.0.